The molecule has 14 heteroatoms. The smallest absolute Gasteiger partial charge is 0.232 e. The zero-order chi connectivity index (χ0) is 37.0. The lowest BCUT2D eigenvalue weighted by molar-refractivity contribution is 0.414. The van der Waals surface area contributed by atoms with E-state index in [-0.39, 0.29) is 29.4 Å². The highest BCUT2D eigenvalue weighted by molar-refractivity contribution is 5.79. The van der Waals surface area contributed by atoms with E-state index in [4.69, 9.17) is 18.9 Å². The molecular weight excluding hydrogens is 692 g/mol. The molecule has 0 aliphatic rings. The predicted octanol–water partition coefficient (Wildman–Crippen LogP) is 8.89. The van der Waals surface area contributed by atoms with Crippen molar-refractivity contribution >= 4 is 23.3 Å². The summed E-state index contributed by atoms with van der Waals surface area (Å²) < 4.78 is 45.9. The fourth-order valence-electron chi connectivity index (χ4n) is 5.53. The van der Waals surface area contributed by atoms with E-state index < -0.39 is 0 Å². The van der Waals surface area contributed by atoms with Gasteiger partial charge in [-0.05, 0) is 115 Å². The molecule has 0 amide bonds. The molecule has 0 aliphatic heterocycles. The molecule has 8 rings (SSSR count). The van der Waals surface area contributed by atoms with Gasteiger partial charge in [-0.25, -0.2) is 18.4 Å². The number of anilines is 4. The highest BCUT2D eigenvalue weighted by Crippen LogP contribution is 2.37. The molecule has 54 heavy (non-hydrogen) atoms. The van der Waals surface area contributed by atoms with Crippen LogP contribution in [-0.4, -0.2) is 49.1 Å². The van der Waals surface area contributed by atoms with Crippen LogP contribution in [0.4, 0.5) is 32.1 Å². The van der Waals surface area contributed by atoms with Gasteiger partial charge in [0.1, 0.15) is 28.8 Å². The van der Waals surface area contributed by atoms with Crippen molar-refractivity contribution in [3.63, 3.8) is 0 Å². The molecule has 8 aromatic rings. The standard InChI is InChI=1S/C40H29F2N9O3/c1-52-32-18-6-24(7-19-32)35-36(25-8-20-33(53-2)21-9-25)54-38(45-35)26-4-3-5-31(22-26)51-23-34(49-50-51)37-46-39(43-29-14-10-27(41)11-15-29)48-40(47-37)44-30-16-12-28(42)13-17-30/h3-23H,1-2H3,(H2,43,44,46,47,48). The predicted molar refractivity (Wildman–Crippen MR) is 199 cm³/mol. The summed E-state index contributed by atoms with van der Waals surface area (Å²) >= 11 is 0. The molecule has 0 radical (unpaired) electrons. The third kappa shape index (κ3) is 7.29. The highest BCUT2D eigenvalue weighted by Gasteiger charge is 2.20. The number of nitrogens with one attached hydrogen (secondary N) is 2. The molecule has 0 aliphatic carbocycles. The number of nitrogens with zero attached hydrogens (tertiary/aromatic N) is 7. The Hall–Kier alpha value is -7.48. The zero-order valence-electron chi connectivity index (χ0n) is 28.7. The Kier molecular flexibility index (Phi) is 9.12. The maximum atomic E-state index is 13.6. The van der Waals surface area contributed by atoms with Crippen molar-refractivity contribution in [2.75, 3.05) is 24.9 Å². The molecule has 0 saturated heterocycles. The number of ether oxygens (including phenoxy) is 2. The first-order valence-electron chi connectivity index (χ1n) is 16.6. The van der Waals surface area contributed by atoms with Crippen LogP contribution in [0.25, 0.3) is 51.2 Å². The summed E-state index contributed by atoms with van der Waals surface area (Å²) in [5.41, 5.74) is 5.17. The minimum absolute atomic E-state index is 0.164. The second-order valence-electron chi connectivity index (χ2n) is 11.8. The molecule has 0 atom stereocenters. The Morgan fingerprint density at radius 3 is 1.76 bits per heavy atom. The van der Waals surface area contributed by atoms with Gasteiger partial charge in [-0.15, -0.1) is 5.10 Å². The maximum Gasteiger partial charge on any atom is 0.232 e. The van der Waals surface area contributed by atoms with Crippen molar-refractivity contribution in [1.82, 2.24) is 34.9 Å². The van der Waals surface area contributed by atoms with Crippen LogP contribution in [-0.2, 0) is 0 Å². The van der Waals surface area contributed by atoms with Crippen LogP contribution in [0.15, 0.2) is 132 Å². The number of rotatable bonds is 11. The largest absolute Gasteiger partial charge is 0.497 e. The average Bonchev–Trinajstić information content (AvgIpc) is 3.89. The number of halogens is 2. The van der Waals surface area contributed by atoms with Gasteiger partial charge in [-0.1, -0.05) is 11.3 Å². The van der Waals surface area contributed by atoms with E-state index in [0.717, 1.165) is 22.6 Å². The van der Waals surface area contributed by atoms with Crippen molar-refractivity contribution in [2.24, 2.45) is 0 Å². The van der Waals surface area contributed by atoms with Gasteiger partial charge in [0.15, 0.2) is 17.3 Å². The molecule has 266 valence electrons. The first-order chi connectivity index (χ1) is 26.4. The summed E-state index contributed by atoms with van der Waals surface area (Å²) in [6.45, 7) is 0. The average molecular weight is 722 g/mol. The molecule has 0 unspecified atom stereocenters. The zero-order valence-corrected chi connectivity index (χ0v) is 28.7. The molecule has 3 aromatic heterocycles. The molecule has 3 heterocycles. The molecule has 0 spiro atoms. The van der Waals surface area contributed by atoms with Crippen molar-refractivity contribution in [3.8, 4) is 62.7 Å². The number of oxazole rings is 1. The number of hydrogen-bond acceptors (Lipinski definition) is 11. The van der Waals surface area contributed by atoms with Crippen LogP contribution in [0.3, 0.4) is 0 Å². The monoisotopic (exact) mass is 721 g/mol. The van der Waals surface area contributed by atoms with Gasteiger partial charge in [-0.3, -0.25) is 0 Å². The topological polar surface area (TPSA) is 138 Å². The van der Waals surface area contributed by atoms with Crippen LogP contribution in [0, 0.1) is 11.6 Å². The number of aromatic nitrogens is 7. The van der Waals surface area contributed by atoms with Crippen LogP contribution in [0.5, 0.6) is 11.5 Å². The Balaban J connectivity index is 1.13. The Morgan fingerprint density at radius 1 is 0.611 bits per heavy atom. The lowest BCUT2D eigenvalue weighted by Crippen LogP contribution is -2.05. The number of benzene rings is 5. The Labute approximate surface area is 307 Å². The fourth-order valence-corrected chi connectivity index (χ4v) is 5.53. The van der Waals surface area contributed by atoms with Gasteiger partial charge in [0.2, 0.25) is 17.8 Å². The first-order valence-corrected chi connectivity index (χ1v) is 16.6. The Morgan fingerprint density at radius 2 is 1.19 bits per heavy atom. The van der Waals surface area contributed by atoms with Crippen LogP contribution in [0.1, 0.15) is 0 Å². The van der Waals surface area contributed by atoms with Crippen LogP contribution >= 0.6 is 0 Å². The van der Waals surface area contributed by atoms with E-state index in [0.29, 0.717) is 45.7 Å². The molecule has 0 fully saturated rings. The van der Waals surface area contributed by atoms with Gasteiger partial charge < -0.3 is 24.5 Å². The van der Waals surface area contributed by atoms with Crippen molar-refractivity contribution in [3.05, 3.63) is 139 Å². The maximum absolute atomic E-state index is 13.6. The highest BCUT2D eigenvalue weighted by atomic mass is 19.1. The SMILES string of the molecule is COc1ccc(-c2nc(-c3cccc(-n4cc(-c5nc(Nc6ccc(F)cc6)nc(Nc6ccc(F)cc6)n5)nn4)c3)oc2-c2ccc(OC)cc2)cc1. The third-order valence-corrected chi connectivity index (χ3v) is 8.26. The van der Waals surface area contributed by atoms with Crippen LogP contribution in [0.2, 0.25) is 0 Å². The van der Waals surface area contributed by atoms with E-state index in [2.05, 4.69) is 35.9 Å². The van der Waals surface area contributed by atoms with Gasteiger partial charge >= 0.3 is 0 Å². The summed E-state index contributed by atoms with van der Waals surface area (Å²) in [5.74, 6) is 2.21. The van der Waals surface area contributed by atoms with Crippen LogP contribution < -0.4 is 20.1 Å². The van der Waals surface area contributed by atoms with E-state index >= 15 is 0 Å². The van der Waals surface area contributed by atoms with E-state index in [1.165, 1.54) is 24.3 Å². The molecule has 0 bridgehead atoms. The van der Waals surface area contributed by atoms with Gasteiger partial charge in [0.25, 0.3) is 0 Å². The summed E-state index contributed by atoms with van der Waals surface area (Å²) in [5, 5.41) is 14.9. The first kappa shape index (κ1) is 33.7. The normalized spacial score (nSPS) is 11.0. The lowest BCUT2D eigenvalue weighted by atomic mass is 10.1. The summed E-state index contributed by atoms with van der Waals surface area (Å²) in [7, 11) is 3.24. The number of methoxy groups -OCH3 is 2. The van der Waals surface area contributed by atoms with Gasteiger partial charge in [0, 0.05) is 28.1 Å². The summed E-state index contributed by atoms with van der Waals surface area (Å²) in [4.78, 5) is 18.5. The molecule has 12 nitrogen and oxygen atoms in total. The van der Waals surface area contributed by atoms with Gasteiger partial charge in [-0.2, -0.15) is 15.0 Å². The third-order valence-electron chi connectivity index (χ3n) is 8.26. The van der Waals surface area contributed by atoms with E-state index in [1.54, 1.807) is 49.4 Å². The second-order valence-corrected chi connectivity index (χ2v) is 11.8. The fraction of sp³-hybridized carbons (Fsp3) is 0.0500. The van der Waals surface area contributed by atoms with E-state index in [1.807, 2.05) is 72.8 Å². The second kappa shape index (κ2) is 14.6. The summed E-state index contributed by atoms with van der Waals surface area (Å²) in [6.07, 6.45) is 1.68. The van der Waals surface area contributed by atoms with Crippen molar-refractivity contribution < 1.29 is 22.7 Å². The minimum atomic E-state index is -0.380. The Bertz CT molecular complexity index is 2410. The quantitative estimate of drug-likeness (QED) is 0.132. The van der Waals surface area contributed by atoms with Gasteiger partial charge in [0.05, 0.1) is 26.1 Å². The molecule has 2 N–H and O–H groups in total. The number of hydrogen-bond donors (Lipinski definition) is 2. The van der Waals surface area contributed by atoms with Crippen molar-refractivity contribution in [1.29, 1.82) is 0 Å². The molecule has 0 saturated carbocycles. The molecular formula is C40H29F2N9O3. The van der Waals surface area contributed by atoms with E-state index in [9.17, 15) is 8.78 Å². The van der Waals surface area contributed by atoms with Crippen molar-refractivity contribution in [2.45, 2.75) is 0 Å². The lowest BCUT2D eigenvalue weighted by Gasteiger charge is -2.09. The minimum Gasteiger partial charge on any atom is -0.497 e. The summed E-state index contributed by atoms with van der Waals surface area (Å²) in [6, 6.07) is 34.2. The molecule has 5 aromatic carbocycles.